The number of hydrogen-bond donors (Lipinski definition) is 2. The van der Waals surface area contributed by atoms with Gasteiger partial charge in [-0.15, -0.1) is 0 Å². The monoisotopic (exact) mass is 385 g/mol. The number of amides is 1. The van der Waals surface area contributed by atoms with Gasteiger partial charge in [0.15, 0.2) is 17.2 Å². The fourth-order valence-electron chi connectivity index (χ4n) is 3.73. The van der Waals surface area contributed by atoms with E-state index in [1.807, 2.05) is 25.1 Å². The van der Waals surface area contributed by atoms with E-state index in [-0.39, 0.29) is 11.3 Å². The van der Waals surface area contributed by atoms with Crippen LogP contribution in [0.2, 0.25) is 0 Å². The van der Waals surface area contributed by atoms with Gasteiger partial charge in [0.25, 0.3) is 5.91 Å². The predicted molar refractivity (Wildman–Crippen MR) is 109 cm³/mol. The highest BCUT2D eigenvalue weighted by Crippen LogP contribution is 2.37. The molecule has 1 aliphatic rings. The van der Waals surface area contributed by atoms with E-state index < -0.39 is 0 Å². The van der Waals surface area contributed by atoms with Crippen LogP contribution in [-0.2, 0) is 12.8 Å². The number of ether oxygens (including phenoxy) is 2. The van der Waals surface area contributed by atoms with Crippen molar-refractivity contribution in [3.63, 3.8) is 0 Å². The van der Waals surface area contributed by atoms with Gasteiger partial charge in [0, 0.05) is 11.3 Å². The van der Waals surface area contributed by atoms with Crippen molar-refractivity contribution in [1.29, 1.82) is 0 Å². The maximum atomic E-state index is 12.6. The third kappa shape index (κ3) is 4.49. The molecule has 0 spiro atoms. The van der Waals surface area contributed by atoms with Crippen LogP contribution >= 0.6 is 0 Å². The summed E-state index contributed by atoms with van der Waals surface area (Å²) in [4.78, 5) is 12.6. The Balaban J connectivity index is 1.56. The normalized spacial score (nSPS) is 16.4. The standard InChI is InChI=1S/C22H31N3O3/c1-14-6-9-18(19(12-14)27-5)28-11-10-23-21(26)20-16-13-15(22(2,3)4)7-8-17(16)24-25-20/h6,9,12,15H,7-8,10-11,13H2,1-5H3,(H,23,26)(H,24,25)/t15-/m0/s1. The highest BCUT2D eigenvalue weighted by atomic mass is 16.5. The minimum Gasteiger partial charge on any atom is -0.493 e. The van der Waals surface area contributed by atoms with E-state index in [9.17, 15) is 4.79 Å². The van der Waals surface area contributed by atoms with Crippen molar-refractivity contribution in [1.82, 2.24) is 15.5 Å². The zero-order valence-corrected chi connectivity index (χ0v) is 17.5. The number of nitrogens with zero attached hydrogens (tertiary/aromatic N) is 1. The zero-order chi connectivity index (χ0) is 20.3. The molecule has 28 heavy (non-hydrogen) atoms. The molecule has 6 nitrogen and oxygen atoms in total. The molecule has 0 aliphatic heterocycles. The van der Waals surface area contributed by atoms with Crippen LogP contribution in [-0.4, -0.2) is 36.4 Å². The van der Waals surface area contributed by atoms with Crippen molar-refractivity contribution >= 4 is 5.91 Å². The minimum absolute atomic E-state index is 0.147. The van der Waals surface area contributed by atoms with E-state index in [1.54, 1.807) is 7.11 Å². The van der Waals surface area contributed by atoms with Gasteiger partial charge >= 0.3 is 0 Å². The minimum atomic E-state index is -0.147. The number of carbonyl (C=O) groups excluding carboxylic acids is 1. The summed E-state index contributed by atoms with van der Waals surface area (Å²) in [6.45, 7) is 9.56. The van der Waals surface area contributed by atoms with Crippen LogP contribution in [0.25, 0.3) is 0 Å². The van der Waals surface area contributed by atoms with Gasteiger partial charge in [-0.2, -0.15) is 5.10 Å². The third-order valence-electron chi connectivity index (χ3n) is 5.55. The number of rotatable bonds is 6. The molecule has 1 amide bonds. The number of fused-ring (bicyclic) bond motifs is 1. The molecule has 0 radical (unpaired) electrons. The molecule has 1 aromatic heterocycles. The first-order valence-electron chi connectivity index (χ1n) is 9.91. The number of methoxy groups -OCH3 is 1. The average Bonchev–Trinajstić information content (AvgIpc) is 3.08. The maximum Gasteiger partial charge on any atom is 0.272 e. The van der Waals surface area contributed by atoms with E-state index in [4.69, 9.17) is 9.47 Å². The first kappa shape index (κ1) is 20.2. The van der Waals surface area contributed by atoms with Gasteiger partial charge in [-0.05, 0) is 55.2 Å². The second-order valence-corrected chi connectivity index (χ2v) is 8.59. The first-order valence-corrected chi connectivity index (χ1v) is 9.91. The van der Waals surface area contributed by atoms with Crippen LogP contribution in [0.15, 0.2) is 18.2 Å². The number of carbonyl (C=O) groups is 1. The quantitative estimate of drug-likeness (QED) is 0.744. The van der Waals surface area contributed by atoms with Gasteiger partial charge in [-0.3, -0.25) is 9.89 Å². The summed E-state index contributed by atoms with van der Waals surface area (Å²) in [7, 11) is 1.62. The van der Waals surface area contributed by atoms with E-state index in [1.165, 1.54) is 0 Å². The Morgan fingerprint density at radius 2 is 2.11 bits per heavy atom. The summed E-state index contributed by atoms with van der Waals surface area (Å²) in [5.74, 6) is 1.78. The molecule has 0 bridgehead atoms. The van der Waals surface area contributed by atoms with Gasteiger partial charge in [0.1, 0.15) is 6.61 Å². The summed E-state index contributed by atoms with van der Waals surface area (Å²) in [5.41, 5.74) is 4.03. The number of aromatic amines is 1. The summed E-state index contributed by atoms with van der Waals surface area (Å²) >= 11 is 0. The molecule has 1 heterocycles. The maximum absolute atomic E-state index is 12.6. The van der Waals surface area contributed by atoms with Crippen LogP contribution in [0.4, 0.5) is 0 Å². The van der Waals surface area contributed by atoms with Gasteiger partial charge in [0.2, 0.25) is 0 Å². The molecule has 3 rings (SSSR count). The zero-order valence-electron chi connectivity index (χ0n) is 17.5. The molecule has 0 saturated heterocycles. The smallest absolute Gasteiger partial charge is 0.272 e. The second kappa shape index (κ2) is 8.25. The lowest BCUT2D eigenvalue weighted by Gasteiger charge is -2.33. The van der Waals surface area contributed by atoms with Crippen molar-refractivity contribution in [2.24, 2.45) is 11.3 Å². The number of H-pyrrole nitrogens is 1. The molecule has 0 fully saturated rings. The number of benzene rings is 1. The molecule has 2 N–H and O–H groups in total. The van der Waals surface area contributed by atoms with Crippen LogP contribution in [0.3, 0.4) is 0 Å². The Morgan fingerprint density at radius 1 is 1.32 bits per heavy atom. The lowest BCUT2D eigenvalue weighted by molar-refractivity contribution is 0.0939. The lowest BCUT2D eigenvalue weighted by Crippen LogP contribution is -2.31. The predicted octanol–water partition coefficient (Wildman–Crippen LogP) is 3.69. The van der Waals surface area contributed by atoms with Crippen LogP contribution < -0.4 is 14.8 Å². The summed E-state index contributed by atoms with van der Waals surface area (Å²) in [6, 6.07) is 5.78. The Bertz CT molecular complexity index is 836. The molecular weight excluding hydrogens is 354 g/mol. The molecule has 6 heteroatoms. The molecule has 2 aromatic rings. The summed E-state index contributed by atoms with van der Waals surface area (Å²) in [6.07, 6.45) is 2.98. The lowest BCUT2D eigenvalue weighted by atomic mass is 9.71. The fourth-order valence-corrected chi connectivity index (χ4v) is 3.73. The van der Waals surface area contributed by atoms with Gasteiger partial charge < -0.3 is 14.8 Å². The summed E-state index contributed by atoms with van der Waals surface area (Å²) < 4.78 is 11.1. The molecule has 1 atom stereocenters. The van der Waals surface area contributed by atoms with Crippen molar-refractivity contribution in [3.05, 3.63) is 40.7 Å². The van der Waals surface area contributed by atoms with Crippen molar-refractivity contribution in [3.8, 4) is 11.5 Å². The van der Waals surface area contributed by atoms with Crippen molar-refractivity contribution in [2.45, 2.75) is 47.0 Å². The van der Waals surface area contributed by atoms with Gasteiger partial charge in [-0.25, -0.2) is 0 Å². The Labute approximate surface area is 167 Å². The highest BCUT2D eigenvalue weighted by molar-refractivity contribution is 5.94. The number of hydrogen-bond acceptors (Lipinski definition) is 4. The molecule has 0 saturated carbocycles. The first-order chi connectivity index (χ1) is 13.3. The number of nitrogens with one attached hydrogen (secondary N) is 2. The van der Waals surface area contributed by atoms with Crippen LogP contribution in [0, 0.1) is 18.3 Å². The molecule has 1 aromatic carbocycles. The fraction of sp³-hybridized carbons (Fsp3) is 0.545. The van der Waals surface area contributed by atoms with Crippen LogP contribution in [0.1, 0.15) is 54.5 Å². The van der Waals surface area contributed by atoms with E-state index >= 15 is 0 Å². The third-order valence-corrected chi connectivity index (χ3v) is 5.55. The van der Waals surface area contributed by atoms with E-state index in [2.05, 4.69) is 36.3 Å². The molecular formula is C22H31N3O3. The molecule has 1 aliphatic carbocycles. The van der Waals surface area contributed by atoms with Gasteiger partial charge in [-0.1, -0.05) is 26.8 Å². The Hall–Kier alpha value is -2.50. The Kier molecular flexibility index (Phi) is 5.96. The van der Waals surface area contributed by atoms with E-state index in [0.29, 0.717) is 36.3 Å². The topological polar surface area (TPSA) is 76.2 Å². The molecule has 0 unspecified atom stereocenters. The summed E-state index contributed by atoms with van der Waals surface area (Å²) in [5, 5.41) is 10.3. The van der Waals surface area contributed by atoms with Gasteiger partial charge in [0.05, 0.1) is 13.7 Å². The van der Waals surface area contributed by atoms with Crippen molar-refractivity contribution in [2.75, 3.05) is 20.3 Å². The number of aromatic nitrogens is 2. The average molecular weight is 386 g/mol. The second-order valence-electron chi connectivity index (χ2n) is 8.59. The highest BCUT2D eigenvalue weighted by Gasteiger charge is 2.32. The SMILES string of the molecule is COc1cc(C)ccc1OCCNC(=O)c1n[nH]c2c1C[C@@H](C(C)(C)C)CC2. The van der Waals surface area contributed by atoms with Crippen molar-refractivity contribution < 1.29 is 14.3 Å². The van der Waals surface area contributed by atoms with Crippen LogP contribution in [0.5, 0.6) is 11.5 Å². The largest absolute Gasteiger partial charge is 0.493 e. The number of aryl methyl sites for hydroxylation is 2. The molecule has 152 valence electrons. The Morgan fingerprint density at radius 3 is 2.82 bits per heavy atom. The van der Waals surface area contributed by atoms with E-state index in [0.717, 1.165) is 36.1 Å².